The molecule has 1 aliphatic heterocycles. The first-order valence-electron chi connectivity index (χ1n) is 5.31. The van der Waals surface area contributed by atoms with Crippen molar-refractivity contribution < 1.29 is 9.59 Å². The smallest absolute Gasteiger partial charge is 0.229 e. The first-order chi connectivity index (χ1) is 7.00. The lowest BCUT2D eigenvalue weighted by atomic mass is 9.89. The number of nitrogens with one attached hydrogen (secondary N) is 2. The second-order valence-corrected chi connectivity index (χ2v) is 4.25. The summed E-state index contributed by atoms with van der Waals surface area (Å²) in [5.41, 5.74) is 4.95. The minimum absolute atomic E-state index is 0. The molecule has 5 nitrogen and oxygen atoms in total. The largest absolute Gasteiger partial charge is 0.369 e. The Bertz CT molecular complexity index is 250. The predicted molar refractivity (Wildman–Crippen MR) is 64.2 cm³/mol. The summed E-state index contributed by atoms with van der Waals surface area (Å²) in [7, 11) is 0. The van der Waals surface area contributed by atoms with Gasteiger partial charge in [0.25, 0.3) is 0 Å². The van der Waals surface area contributed by atoms with Crippen molar-refractivity contribution in [2.45, 2.75) is 38.8 Å². The number of nitrogens with two attached hydrogens (primary N) is 1. The van der Waals surface area contributed by atoms with E-state index in [2.05, 4.69) is 17.6 Å². The predicted octanol–water partition coefficient (Wildman–Crippen LogP) is -0.214. The van der Waals surface area contributed by atoms with Crippen molar-refractivity contribution in [2.24, 2.45) is 11.7 Å². The molecule has 0 aromatic heterocycles. The molecule has 0 saturated carbocycles. The maximum atomic E-state index is 11.4. The van der Waals surface area contributed by atoms with Crippen molar-refractivity contribution >= 4 is 24.2 Å². The van der Waals surface area contributed by atoms with Gasteiger partial charge in [0.15, 0.2) is 0 Å². The van der Waals surface area contributed by atoms with E-state index in [1.165, 1.54) is 0 Å². The highest BCUT2D eigenvalue weighted by Crippen LogP contribution is 2.16. The number of rotatable bonds is 3. The van der Waals surface area contributed by atoms with Crippen LogP contribution in [-0.4, -0.2) is 30.4 Å². The maximum Gasteiger partial charge on any atom is 0.229 e. The van der Waals surface area contributed by atoms with Crippen LogP contribution in [0, 0.1) is 5.92 Å². The molecule has 1 rings (SSSR count). The third-order valence-electron chi connectivity index (χ3n) is 2.88. The van der Waals surface area contributed by atoms with Crippen LogP contribution in [0.4, 0.5) is 0 Å². The fourth-order valence-corrected chi connectivity index (χ4v) is 2.00. The average Bonchev–Trinajstić information content (AvgIpc) is 2.10. The summed E-state index contributed by atoms with van der Waals surface area (Å²) in [4.78, 5) is 21.9. The second-order valence-electron chi connectivity index (χ2n) is 4.25. The molecule has 16 heavy (non-hydrogen) atoms. The van der Waals surface area contributed by atoms with E-state index in [-0.39, 0.29) is 36.8 Å². The highest BCUT2D eigenvalue weighted by molar-refractivity contribution is 5.96. The number of hydrogen-bond acceptors (Lipinski definition) is 3. The molecular weight excluding hydrogens is 230 g/mol. The van der Waals surface area contributed by atoms with E-state index in [1.807, 2.05) is 6.92 Å². The van der Waals surface area contributed by atoms with Crippen LogP contribution in [0.1, 0.15) is 26.7 Å². The number of hydrogen-bond donors (Lipinski definition) is 3. The van der Waals surface area contributed by atoms with E-state index in [4.69, 9.17) is 5.73 Å². The van der Waals surface area contributed by atoms with Gasteiger partial charge in [-0.3, -0.25) is 9.59 Å². The van der Waals surface area contributed by atoms with E-state index in [9.17, 15) is 9.59 Å². The van der Waals surface area contributed by atoms with Crippen molar-refractivity contribution in [3.63, 3.8) is 0 Å². The van der Waals surface area contributed by atoms with Gasteiger partial charge in [-0.15, -0.1) is 12.4 Å². The molecule has 0 radical (unpaired) electrons. The van der Waals surface area contributed by atoms with Crippen molar-refractivity contribution in [1.82, 2.24) is 10.6 Å². The third kappa shape index (κ3) is 4.37. The van der Waals surface area contributed by atoms with E-state index >= 15 is 0 Å². The average molecular weight is 250 g/mol. The highest BCUT2D eigenvalue weighted by atomic mass is 35.5. The Morgan fingerprint density at radius 2 is 2.06 bits per heavy atom. The van der Waals surface area contributed by atoms with Gasteiger partial charge in [-0.25, -0.2) is 0 Å². The van der Waals surface area contributed by atoms with Crippen molar-refractivity contribution in [1.29, 1.82) is 0 Å². The van der Waals surface area contributed by atoms with Crippen LogP contribution >= 0.6 is 12.4 Å². The Morgan fingerprint density at radius 1 is 1.44 bits per heavy atom. The normalized spacial score (nSPS) is 29.0. The molecule has 2 amide bonds. The molecule has 94 valence electrons. The van der Waals surface area contributed by atoms with Gasteiger partial charge in [0.2, 0.25) is 11.8 Å². The summed E-state index contributed by atoms with van der Waals surface area (Å²) in [6.45, 7) is 5.11. The monoisotopic (exact) mass is 249 g/mol. The van der Waals surface area contributed by atoms with Crippen LogP contribution in [0.5, 0.6) is 0 Å². The van der Waals surface area contributed by atoms with Gasteiger partial charge in [0.1, 0.15) is 6.42 Å². The summed E-state index contributed by atoms with van der Waals surface area (Å²) in [5, 5.41) is 6.14. The van der Waals surface area contributed by atoms with Crippen molar-refractivity contribution in [2.75, 3.05) is 6.54 Å². The Hall–Kier alpha value is -0.810. The Kier molecular flexibility index (Phi) is 6.36. The molecule has 6 heteroatoms. The lowest BCUT2D eigenvalue weighted by molar-refractivity contribution is -0.128. The molecule has 3 atom stereocenters. The minimum atomic E-state index is -0.587. The van der Waals surface area contributed by atoms with Gasteiger partial charge in [-0.05, 0) is 25.8 Å². The number of piperidine rings is 1. The van der Waals surface area contributed by atoms with Crippen LogP contribution in [0.2, 0.25) is 0 Å². The van der Waals surface area contributed by atoms with E-state index < -0.39 is 5.91 Å². The molecule has 1 saturated heterocycles. The zero-order valence-corrected chi connectivity index (χ0v) is 10.5. The summed E-state index contributed by atoms with van der Waals surface area (Å²) in [6, 6.07) is 0.330. The number of carbonyl (C=O) groups is 2. The van der Waals surface area contributed by atoms with E-state index in [0.29, 0.717) is 5.92 Å². The Morgan fingerprint density at radius 3 is 2.56 bits per heavy atom. The molecule has 0 bridgehead atoms. The Balaban J connectivity index is 0.00000225. The van der Waals surface area contributed by atoms with Gasteiger partial charge >= 0.3 is 0 Å². The molecular formula is C10H20ClN3O2. The second kappa shape index (κ2) is 6.70. The van der Waals surface area contributed by atoms with Gasteiger partial charge in [0.05, 0.1) is 0 Å². The van der Waals surface area contributed by atoms with E-state index in [1.54, 1.807) is 0 Å². The molecule has 3 unspecified atom stereocenters. The number of carbonyl (C=O) groups excluding carboxylic acids is 2. The summed E-state index contributed by atoms with van der Waals surface area (Å²) < 4.78 is 0. The van der Waals surface area contributed by atoms with Crippen LogP contribution in [-0.2, 0) is 9.59 Å². The first-order valence-corrected chi connectivity index (χ1v) is 5.31. The van der Waals surface area contributed by atoms with Gasteiger partial charge in [0, 0.05) is 12.1 Å². The quantitative estimate of drug-likeness (QED) is 0.605. The zero-order chi connectivity index (χ0) is 11.4. The summed E-state index contributed by atoms with van der Waals surface area (Å²) in [6.07, 6.45) is 0.807. The first kappa shape index (κ1) is 15.2. The van der Waals surface area contributed by atoms with Gasteiger partial charge in [-0.1, -0.05) is 6.92 Å². The van der Waals surface area contributed by atoms with E-state index in [0.717, 1.165) is 13.0 Å². The molecule has 1 heterocycles. The minimum Gasteiger partial charge on any atom is -0.369 e. The van der Waals surface area contributed by atoms with Crippen LogP contribution in [0.25, 0.3) is 0 Å². The molecule has 4 N–H and O–H groups in total. The lowest BCUT2D eigenvalue weighted by Crippen LogP contribution is -2.56. The van der Waals surface area contributed by atoms with Crippen molar-refractivity contribution in [3.8, 4) is 0 Å². The highest BCUT2D eigenvalue weighted by Gasteiger charge is 2.28. The lowest BCUT2D eigenvalue weighted by Gasteiger charge is -2.35. The number of halogens is 1. The molecule has 0 aromatic carbocycles. The maximum absolute atomic E-state index is 11.4. The standard InChI is InChI=1S/C10H19N3O2.ClH/c1-6-3-4-12-7(2)10(6)13-9(15)5-8(11)14;/h6-7,10,12H,3-5H2,1-2H3,(H2,11,14)(H,13,15);1H. The van der Waals surface area contributed by atoms with Gasteiger partial charge < -0.3 is 16.4 Å². The molecule has 0 aliphatic carbocycles. The molecule has 1 fully saturated rings. The number of amides is 2. The summed E-state index contributed by atoms with van der Waals surface area (Å²) in [5.74, 6) is -0.440. The fourth-order valence-electron chi connectivity index (χ4n) is 2.00. The number of primary amides is 1. The van der Waals surface area contributed by atoms with Crippen LogP contribution < -0.4 is 16.4 Å². The topological polar surface area (TPSA) is 84.2 Å². The molecule has 0 spiro atoms. The third-order valence-corrected chi connectivity index (χ3v) is 2.88. The fraction of sp³-hybridized carbons (Fsp3) is 0.800. The zero-order valence-electron chi connectivity index (χ0n) is 9.66. The SMILES string of the molecule is CC1CCNC(C)C1NC(=O)CC(N)=O.Cl. The van der Waals surface area contributed by atoms with Crippen LogP contribution in [0.15, 0.2) is 0 Å². The van der Waals surface area contributed by atoms with Gasteiger partial charge in [-0.2, -0.15) is 0 Å². The summed E-state index contributed by atoms with van der Waals surface area (Å²) >= 11 is 0. The van der Waals surface area contributed by atoms with Crippen molar-refractivity contribution in [3.05, 3.63) is 0 Å². The molecule has 1 aliphatic rings. The van der Waals surface area contributed by atoms with Crippen LogP contribution in [0.3, 0.4) is 0 Å². The Labute approximate surface area is 102 Å². The molecule has 0 aromatic rings.